The van der Waals surface area contributed by atoms with E-state index in [1.807, 2.05) is 43.3 Å². The standard InChI is InChI=1S/C16H14N2O2/c1-10-6-8-13(17-10)12-5-3-4-11-7-9-14(16(19)20-2)18-15(11)12/h3-9,17H,1-2H3. The molecule has 0 aliphatic carbocycles. The molecular weight excluding hydrogens is 252 g/mol. The van der Waals surface area contributed by atoms with Crippen molar-refractivity contribution in [2.45, 2.75) is 6.92 Å². The number of aryl methyl sites for hydroxylation is 1. The third-order valence-electron chi connectivity index (χ3n) is 3.24. The Morgan fingerprint density at radius 1 is 1.15 bits per heavy atom. The number of carbonyl (C=O) groups excluding carboxylic acids is 1. The molecule has 100 valence electrons. The number of hydrogen-bond donors (Lipinski definition) is 1. The van der Waals surface area contributed by atoms with Crippen LogP contribution in [0.3, 0.4) is 0 Å². The van der Waals surface area contributed by atoms with Crippen LogP contribution in [0, 0.1) is 6.92 Å². The molecule has 0 aliphatic rings. The SMILES string of the molecule is COC(=O)c1ccc2cccc(-c3ccc(C)[nH]3)c2n1. The molecule has 0 saturated carbocycles. The van der Waals surface area contributed by atoms with E-state index >= 15 is 0 Å². The zero-order valence-electron chi connectivity index (χ0n) is 11.3. The molecule has 3 rings (SSSR count). The molecule has 0 spiro atoms. The van der Waals surface area contributed by atoms with Crippen LogP contribution >= 0.6 is 0 Å². The topological polar surface area (TPSA) is 55.0 Å². The second-order valence-electron chi connectivity index (χ2n) is 4.62. The number of H-pyrrole nitrogens is 1. The van der Waals surface area contributed by atoms with Gasteiger partial charge in [0.05, 0.1) is 12.6 Å². The van der Waals surface area contributed by atoms with Crippen LogP contribution in [0.2, 0.25) is 0 Å². The molecule has 4 nitrogen and oxygen atoms in total. The maximum absolute atomic E-state index is 11.6. The number of pyridine rings is 1. The van der Waals surface area contributed by atoms with E-state index in [4.69, 9.17) is 4.74 Å². The highest BCUT2D eigenvalue weighted by atomic mass is 16.5. The van der Waals surface area contributed by atoms with Gasteiger partial charge in [0.2, 0.25) is 0 Å². The first kappa shape index (κ1) is 12.4. The lowest BCUT2D eigenvalue weighted by Gasteiger charge is -2.06. The maximum Gasteiger partial charge on any atom is 0.356 e. The van der Waals surface area contributed by atoms with Crippen molar-refractivity contribution in [2.75, 3.05) is 7.11 Å². The molecule has 0 aliphatic heterocycles. The Kier molecular flexibility index (Phi) is 2.99. The monoisotopic (exact) mass is 266 g/mol. The first-order valence-corrected chi connectivity index (χ1v) is 6.33. The highest BCUT2D eigenvalue weighted by Gasteiger charge is 2.11. The smallest absolute Gasteiger partial charge is 0.356 e. The first-order valence-electron chi connectivity index (χ1n) is 6.33. The number of rotatable bonds is 2. The molecule has 0 radical (unpaired) electrons. The van der Waals surface area contributed by atoms with E-state index in [9.17, 15) is 4.79 Å². The van der Waals surface area contributed by atoms with Crippen LogP contribution in [0.1, 0.15) is 16.2 Å². The largest absolute Gasteiger partial charge is 0.464 e. The molecule has 2 aromatic heterocycles. The van der Waals surface area contributed by atoms with Crippen LogP contribution in [-0.2, 0) is 4.74 Å². The number of aromatic amines is 1. The van der Waals surface area contributed by atoms with Crippen LogP contribution < -0.4 is 0 Å². The summed E-state index contributed by atoms with van der Waals surface area (Å²) in [5, 5.41) is 0.988. The molecule has 2 heterocycles. The van der Waals surface area contributed by atoms with E-state index in [1.54, 1.807) is 6.07 Å². The van der Waals surface area contributed by atoms with Gasteiger partial charge in [-0.25, -0.2) is 9.78 Å². The molecule has 3 aromatic rings. The van der Waals surface area contributed by atoms with Crippen molar-refractivity contribution in [2.24, 2.45) is 0 Å². The van der Waals surface area contributed by atoms with E-state index in [0.29, 0.717) is 5.69 Å². The van der Waals surface area contributed by atoms with Crippen LogP contribution in [0.5, 0.6) is 0 Å². The van der Waals surface area contributed by atoms with Crippen LogP contribution in [0.4, 0.5) is 0 Å². The van der Waals surface area contributed by atoms with Crippen molar-refractivity contribution in [3.05, 3.63) is 53.9 Å². The summed E-state index contributed by atoms with van der Waals surface area (Å²) < 4.78 is 4.73. The lowest BCUT2D eigenvalue weighted by Crippen LogP contribution is -2.04. The van der Waals surface area contributed by atoms with Gasteiger partial charge < -0.3 is 9.72 Å². The zero-order valence-corrected chi connectivity index (χ0v) is 11.3. The second-order valence-corrected chi connectivity index (χ2v) is 4.62. The third kappa shape index (κ3) is 2.05. The summed E-state index contributed by atoms with van der Waals surface area (Å²) >= 11 is 0. The van der Waals surface area contributed by atoms with Crippen molar-refractivity contribution in [1.29, 1.82) is 0 Å². The number of nitrogens with zero attached hydrogens (tertiary/aromatic N) is 1. The molecule has 0 unspecified atom stereocenters. The molecule has 0 saturated heterocycles. The van der Waals surface area contributed by atoms with Crippen molar-refractivity contribution < 1.29 is 9.53 Å². The Morgan fingerprint density at radius 2 is 2.00 bits per heavy atom. The van der Waals surface area contributed by atoms with Crippen molar-refractivity contribution in [1.82, 2.24) is 9.97 Å². The van der Waals surface area contributed by atoms with Gasteiger partial charge in [0.1, 0.15) is 5.69 Å². The van der Waals surface area contributed by atoms with Crippen molar-refractivity contribution in [3.63, 3.8) is 0 Å². The normalized spacial score (nSPS) is 10.7. The molecule has 0 amide bonds. The average molecular weight is 266 g/mol. The lowest BCUT2D eigenvalue weighted by atomic mass is 10.1. The number of esters is 1. The summed E-state index contributed by atoms with van der Waals surface area (Å²) in [6.45, 7) is 2.00. The number of ether oxygens (including phenoxy) is 1. The van der Waals surface area contributed by atoms with E-state index < -0.39 is 5.97 Å². The Bertz CT molecular complexity index is 790. The van der Waals surface area contributed by atoms with E-state index in [-0.39, 0.29) is 0 Å². The summed E-state index contributed by atoms with van der Waals surface area (Å²) in [4.78, 5) is 19.3. The molecule has 0 bridgehead atoms. The lowest BCUT2D eigenvalue weighted by molar-refractivity contribution is 0.0594. The minimum atomic E-state index is -0.427. The number of benzene rings is 1. The van der Waals surface area contributed by atoms with Gasteiger partial charge in [0, 0.05) is 22.3 Å². The average Bonchev–Trinajstić information content (AvgIpc) is 2.91. The van der Waals surface area contributed by atoms with E-state index in [2.05, 4.69) is 9.97 Å². The van der Waals surface area contributed by atoms with E-state index in [1.165, 1.54) is 7.11 Å². The van der Waals surface area contributed by atoms with Crippen molar-refractivity contribution >= 4 is 16.9 Å². The number of para-hydroxylation sites is 1. The fourth-order valence-electron chi connectivity index (χ4n) is 2.24. The number of fused-ring (bicyclic) bond motifs is 1. The van der Waals surface area contributed by atoms with Crippen LogP contribution in [0.15, 0.2) is 42.5 Å². The van der Waals surface area contributed by atoms with Gasteiger partial charge >= 0.3 is 5.97 Å². The van der Waals surface area contributed by atoms with Crippen LogP contribution in [0.25, 0.3) is 22.2 Å². The summed E-state index contributed by atoms with van der Waals surface area (Å²) in [5.41, 5.74) is 4.15. The van der Waals surface area contributed by atoms with E-state index in [0.717, 1.165) is 27.9 Å². The minimum Gasteiger partial charge on any atom is -0.464 e. The molecule has 1 N–H and O–H groups in total. The van der Waals surface area contributed by atoms with Gasteiger partial charge in [-0.15, -0.1) is 0 Å². The first-order chi connectivity index (χ1) is 9.69. The number of carbonyl (C=O) groups is 1. The minimum absolute atomic E-state index is 0.315. The highest BCUT2D eigenvalue weighted by molar-refractivity contribution is 5.96. The maximum atomic E-state index is 11.6. The Balaban J connectivity index is 2.24. The summed E-state index contributed by atoms with van der Waals surface area (Å²) in [7, 11) is 1.36. The van der Waals surface area contributed by atoms with Crippen LogP contribution in [-0.4, -0.2) is 23.0 Å². The molecule has 1 aromatic carbocycles. The van der Waals surface area contributed by atoms with Gasteiger partial charge in [-0.3, -0.25) is 0 Å². The predicted molar refractivity (Wildman–Crippen MR) is 77.6 cm³/mol. The molecular formula is C16H14N2O2. The highest BCUT2D eigenvalue weighted by Crippen LogP contribution is 2.27. The Labute approximate surface area is 116 Å². The number of methoxy groups -OCH3 is 1. The number of aromatic nitrogens is 2. The molecule has 0 atom stereocenters. The molecule has 4 heteroatoms. The number of nitrogens with one attached hydrogen (secondary N) is 1. The summed E-state index contributed by atoms with van der Waals surface area (Å²) in [6, 6.07) is 13.5. The van der Waals surface area contributed by atoms with Gasteiger partial charge in [-0.1, -0.05) is 24.3 Å². The fraction of sp³-hybridized carbons (Fsp3) is 0.125. The fourth-order valence-corrected chi connectivity index (χ4v) is 2.24. The second kappa shape index (κ2) is 4.81. The van der Waals surface area contributed by atoms with Crippen molar-refractivity contribution in [3.8, 4) is 11.3 Å². The van der Waals surface area contributed by atoms with Gasteiger partial charge in [-0.2, -0.15) is 0 Å². The van der Waals surface area contributed by atoms with Gasteiger partial charge in [-0.05, 0) is 25.1 Å². The molecule has 0 fully saturated rings. The third-order valence-corrected chi connectivity index (χ3v) is 3.24. The quantitative estimate of drug-likeness (QED) is 0.724. The number of hydrogen-bond acceptors (Lipinski definition) is 3. The predicted octanol–water partition coefficient (Wildman–Crippen LogP) is 3.32. The van der Waals surface area contributed by atoms with Gasteiger partial charge in [0.15, 0.2) is 0 Å². The summed E-state index contributed by atoms with van der Waals surface area (Å²) in [5.74, 6) is -0.427. The summed E-state index contributed by atoms with van der Waals surface area (Å²) in [6.07, 6.45) is 0. The Hall–Kier alpha value is -2.62. The Morgan fingerprint density at radius 3 is 2.70 bits per heavy atom. The molecule has 20 heavy (non-hydrogen) atoms. The van der Waals surface area contributed by atoms with Gasteiger partial charge in [0.25, 0.3) is 0 Å². The zero-order chi connectivity index (χ0) is 14.1.